The normalized spacial score (nSPS) is 38.7. The fraction of sp³-hybridized carbons (Fsp3) is 0.882. The molecule has 0 bridgehead atoms. The van der Waals surface area contributed by atoms with Gasteiger partial charge in [0, 0.05) is 0 Å². The fourth-order valence-corrected chi connectivity index (χ4v) is 4.17. The smallest absolute Gasteiger partial charge is 0.0859 e. The molecule has 1 nitrogen and oxygen atoms in total. The molecule has 1 N–H and O–H groups in total. The van der Waals surface area contributed by atoms with Crippen molar-refractivity contribution in [3.8, 4) is 0 Å². The average Bonchev–Trinajstić information content (AvgIpc) is 3.11. The van der Waals surface area contributed by atoms with Gasteiger partial charge in [-0.05, 0) is 81.6 Å². The minimum Gasteiger partial charge on any atom is -0.386 e. The molecule has 0 spiro atoms. The van der Waals surface area contributed by atoms with Crippen LogP contribution >= 0.6 is 0 Å². The molecule has 0 aromatic carbocycles. The molecule has 2 fully saturated rings. The van der Waals surface area contributed by atoms with Crippen LogP contribution in [-0.4, -0.2) is 10.7 Å². The highest BCUT2D eigenvalue weighted by atomic mass is 16.3. The third kappa shape index (κ3) is 2.82. The Bertz CT molecular complexity index is 316. The van der Waals surface area contributed by atoms with Crippen LogP contribution < -0.4 is 0 Å². The van der Waals surface area contributed by atoms with Gasteiger partial charge in [-0.3, -0.25) is 0 Å². The first kappa shape index (κ1) is 12.7. The fourth-order valence-electron chi connectivity index (χ4n) is 4.17. The molecule has 0 heterocycles. The van der Waals surface area contributed by atoms with Crippen LogP contribution in [0, 0.1) is 11.8 Å². The Morgan fingerprint density at radius 3 is 2.61 bits per heavy atom. The minimum absolute atomic E-state index is 0.414. The van der Waals surface area contributed by atoms with E-state index in [4.69, 9.17) is 0 Å². The number of allylic oxidation sites excluding steroid dienone is 1. The zero-order valence-electron chi connectivity index (χ0n) is 11.7. The van der Waals surface area contributed by atoms with Gasteiger partial charge in [0.25, 0.3) is 0 Å². The van der Waals surface area contributed by atoms with Gasteiger partial charge in [0.05, 0.1) is 5.60 Å². The van der Waals surface area contributed by atoms with E-state index in [1.165, 1.54) is 63.4 Å². The molecule has 2 unspecified atom stereocenters. The number of aliphatic hydroxyl groups is 1. The Kier molecular flexibility index (Phi) is 3.79. The first-order chi connectivity index (χ1) is 8.78. The highest BCUT2D eigenvalue weighted by Gasteiger charge is 2.42. The van der Waals surface area contributed by atoms with E-state index in [-0.39, 0.29) is 0 Å². The molecule has 102 valence electrons. The van der Waals surface area contributed by atoms with Crippen molar-refractivity contribution in [3.05, 3.63) is 11.6 Å². The van der Waals surface area contributed by atoms with E-state index in [2.05, 4.69) is 6.08 Å². The lowest BCUT2D eigenvalue weighted by Gasteiger charge is -2.39. The van der Waals surface area contributed by atoms with Crippen LogP contribution in [0.25, 0.3) is 0 Å². The maximum Gasteiger partial charge on any atom is 0.0859 e. The molecule has 0 saturated heterocycles. The summed E-state index contributed by atoms with van der Waals surface area (Å²) < 4.78 is 0. The zero-order valence-corrected chi connectivity index (χ0v) is 11.7. The second kappa shape index (κ2) is 5.36. The largest absolute Gasteiger partial charge is 0.386 e. The Morgan fingerprint density at radius 1 is 0.944 bits per heavy atom. The first-order valence-electron chi connectivity index (χ1n) is 8.20. The predicted octanol–water partition coefficient (Wildman–Crippen LogP) is 4.60. The summed E-state index contributed by atoms with van der Waals surface area (Å²) in [4.78, 5) is 0. The van der Waals surface area contributed by atoms with E-state index in [0.29, 0.717) is 0 Å². The van der Waals surface area contributed by atoms with Crippen molar-refractivity contribution in [1.82, 2.24) is 0 Å². The van der Waals surface area contributed by atoms with Crippen LogP contribution in [0.3, 0.4) is 0 Å². The molecule has 0 aromatic rings. The van der Waals surface area contributed by atoms with E-state index in [9.17, 15) is 5.11 Å². The van der Waals surface area contributed by atoms with Crippen molar-refractivity contribution in [2.45, 2.75) is 82.7 Å². The Morgan fingerprint density at radius 2 is 1.78 bits per heavy atom. The molecule has 0 aromatic heterocycles. The van der Waals surface area contributed by atoms with E-state index < -0.39 is 5.60 Å². The standard InChI is InChI=1S/C17H28O/c18-17(16-8-4-2-1-3-5-9-16)12-6-7-15(13-17)14-10-11-14/h8,14-15,18H,1-7,9-13H2. The van der Waals surface area contributed by atoms with Crippen LogP contribution in [0.15, 0.2) is 11.6 Å². The lowest BCUT2D eigenvalue weighted by atomic mass is 9.71. The molecular formula is C17H28O. The SMILES string of the molecule is OC1(C2=CCCCCCC2)CCCC(C2CC2)C1. The van der Waals surface area contributed by atoms with Crippen molar-refractivity contribution in [3.63, 3.8) is 0 Å². The van der Waals surface area contributed by atoms with Crippen LogP contribution in [0.4, 0.5) is 0 Å². The van der Waals surface area contributed by atoms with Gasteiger partial charge in [0.1, 0.15) is 0 Å². The molecule has 0 amide bonds. The van der Waals surface area contributed by atoms with Crippen LogP contribution in [0.2, 0.25) is 0 Å². The van der Waals surface area contributed by atoms with Gasteiger partial charge in [0.2, 0.25) is 0 Å². The number of hydrogen-bond donors (Lipinski definition) is 1. The summed E-state index contributed by atoms with van der Waals surface area (Å²) in [5.74, 6) is 1.79. The second-order valence-electron chi connectivity index (χ2n) is 6.91. The summed E-state index contributed by atoms with van der Waals surface area (Å²) in [5.41, 5.74) is 0.996. The Labute approximate surface area is 112 Å². The van der Waals surface area contributed by atoms with E-state index in [1.807, 2.05) is 0 Å². The summed E-state index contributed by atoms with van der Waals surface area (Å²) >= 11 is 0. The molecular weight excluding hydrogens is 220 g/mol. The molecule has 2 saturated carbocycles. The molecule has 18 heavy (non-hydrogen) atoms. The molecule has 3 aliphatic rings. The highest BCUT2D eigenvalue weighted by molar-refractivity contribution is 5.19. The summed E-state index contributed by atoms with van der Waals surface area (Å²) in [6.45, 7) is 0. The molecule has 2 atom stereocenters. The lowest BCUT2D eigenvalue weighted by Crippen LogP contribution is -2.38. The van der Waals surface area contributed by atoms with E-state index in [0.717, 1.165) is 31.1 Å². The van der Waals surface area contributed by atoms with E-state index in [1.54, 1.807) is 0 Å². The third-order valence-corrected chi connectivity index (χ3v) is 5.44. The molecule has 0 radical (unpaired) electrons. The average molecular weight is 248 g/mol. The molecule has 0 aliphatic heterocycles. The van der Waals surface area contributed by atoms with Crippen molar-refractivity contribution in [2.75, 3.05) is 0 Å². The van der Waals surface area contributed by atoms with Gasteiger partial charge in [-0.25, -0.2) is 0 Å². The van der Waals surface area contributed by atoms with Crippen molar-refractivity contribution in [2.24, 2.45) is 11.8 Å². The molecule has 3 aliphatic carbocycles. The third-order valence-electron chi connectivity index (χ3n) is 5.44. The monoisotopic (exact) mass is 248 g/mol. The van der Waals surface area contributed by atoms with Crippen LogP contribution in [0.5, 0.6) is 0 Å². The summed E-state index contributed by atoms with van der Waals surface area (Å²) in [7, 11) is 0. The maximum atomic E-state index is 11.1. The molecule has 3 rings (SSSR count). The summed E-state index contributed by atoms with van der Waals surface area (Å²) in [6, 6.07) is 0. The zero-order chi connectivity index (χ0) is 12.4. The summed E-state index contributed by atoms with van der Waals surface area (Å²) in [6.07, 6.45) is 17.7. The van der Waals surface area contributed by atoms with Crippen LogP contribution in [-0.2, 0) is 0 Å². The van der Waals surface area contributed by atoms with Crippen molar-refractivity contribution < 1.29 is 5.11 Å². The summed E-state index contributed by atoms with van der Waals surface area (Å²) in [5, 5.41) is 11.1. The van der Waals surface area contributed by atoms with Gasteiger partial charge in [-0.1, -0.05) is 18.9 Å². The van der Waals surface area contributed by atoms with Gasteiger partial charge in [-0.15, -0.1) is 0 Å². The topological polar surface area (TPSA) is 20.2 Å². The van der Waals surface area contributed by atoms with Gasteiger partial charge in [-0.2, -0.15) is 0 Å². The quantitative estimate of drug-likeness (QED) is 0.708. The van der Waals surface area contributed by atoms with Crippen molar-refractivity contribution in [1.29, 1.82) is 0 Å². The van der Waals surface area contributed by atoms with Crippen LogP contribution in [0.1, 0.15) is 77.0 Å². The van der Waals surface area contributed by atoms with Gasteiger partial charge in [0.15, 0.2) is 0 Å². The van der Waals surface area contributed by atoms with Gasteiger partial charge < -0.3 is 5.11 Å². The number of rotatable bonds is 2. The minimum atomic E-state index is -0.414. The number of hydrogen-bond acceptors (Lipinski definition) is 1. The van der Waals surface area contributed by atoms with Gasteiger partial charge >= 0.3 is 0 Å². The predicted molar refractivity (Wildman–Crippen MR) is 75.4 cm³/mol. The Balaban J connectivity index is 1.70. The molecule has 1 heteroatoms. The van der Waals surface area contributed by atoms with Crippen molar-refractivity contribution >= 4 is 0 Å². The Hall–Kier alpha value is -0.300. The second-order valence-corrected chi connectivity index (χ2v) is 6.91. The maximum absolute atomic E-state index is 11.1. The van der Waals surface area contributed by atoms with E-state index >= 15 is 0 Å². The first-order valence-corrected chi connectivity index (χ1v) is 8.20. The lowest BCUT2D eigenvalue weighted by molar-refractivity contribution is 0.00904. The highest BCUT2D eigenvalue weighted by Crippen LogP contribution is 2.49.